The Kier molecular flexibility index (Phi) is 15.2. The smallest absolute Gasteiger partial charge is 0.338 e. The average molecular weight is 587 g/mol. The quantitative estimate of drug-likeness (QED) is 0.155. The number of carbonyl (C=O) groups is 1. The van der Waals surface area contributed by atoms with Gasteiger partial charge in [-0.25, -0.2) is 4.79 Å². The highest BCUT2D eigenvalue weighted by molar-refractivity contribution is 5.96. The Hall–Kier alpha value is -1.51. The molecule has 1 rings (SSSR count). The molecular formula is C39H70O3. The summed E-state index contributed by atoms with van der Waals surface area (Å²) in [6.45, 7) is 28.4. The molecule has 0 aliphatic carbocycles. The Morgan fingerprint density at radius 3 is 1.07 bits per heavy atom. The molecule has 0 aliphatic rings. The van der Waals surface area contributed by atoms with E-state index in [-0.39, 0.29) is 27.6 Å². The van der Waals surface area contributed by atoms with Crippen LogP contribution in [0.5, 0.6) is 5.75 Å². The third kappa shape index (κ3) is 11.9. The van der Waals surface area contributed by atoms with E-state index in [1.807, 2.05) is 0 Å². The number of phenols is 1. The fraction of sp³-hybridized carbons (Fsp3) is 0.821. The molecule has 3 heteroatoms. The second-order valence-corrected chi connectivity index (χ2v) is 17.0. The monoisotopic (exact) mass is 587 g/mol. The predicted molar refractivity (Wildman–Crippen MR) is 184 cm³/mol. The lowest BCUT2D eigenvalue weighted by atomic mass is 9.64. The van der Waals surface area contributed by atoms with Crippen molar-refractivity contribution >= 4 is 5.97 Å². The van der Waals surface area contributed by atoms with Crippen LogP contribution in [-0.4, -0.2) is 17.7 Å². The summed E-state index contributed by atoms with van der Waals surface area (Å²) in [5.41, 5.74) is 2.90. The van der Waals surface area contributed by atoms with Gasteiger partial charge in [0, 0.05) is 11.1 Å². The van der Waals surface area contributed by atoms with E-state index in [1.54, 1.807) is 0 Å². The van der Waals surface area contributed by atoms with Gasteiger partial charge in [-0.15, -0.1) is 0 Å². The lowest BCUT2D eigenvalue weighted by Gasteiger charge is -2.40. The number of esters is 1. The minimum absolute atomic E-state index is 0.240. The van der Waals surface area contributed by atoms with Crippen LogP contribution in [-0.2, 0) is 26.4 Å². The van der Waals surface area contributed by atoms with Gasteiger partial charge in [0.05, 0.1) is 12.2 Å². The molecule has 244 valence electrons. The molecule has 42 heavy (non-hydrogen) atoms. The molecule has 0 radical (unpaired) electrons. The van der Waals surface area contributed by atoms with Crippen LogP contribution in [0.4, 0.5) is 0 Å². The van der Waals surface area contributed by atoms with Crippen molar-refractivity contribution in [2.45, 2.75) is 202 Å². The molecule has 0 aliphatic heterocycles. The maximum Gasteiger partial charge on any atom is 0.338 e. The highest BCUT2D eigenvalue weighted by atomic mass is 16.5. The van der Waals surface area contributed by atoms with E-state index in [0.717, 1.165) is 35.1 Å². The van der Waals surface area contributed by atoms with Crippen molar-refractivity contribution in [3.05, 3.63) is 27.8 Å². The zero-order valence-corrected chi connectivity index (χ0v) is 30.4. The van der Waals surface area contributed by atoms with Crippen molar-refractivity contribution in [3.63, 3.8) is 0 Å². The highest BCUT2D eigenvalue weighted by Crippen LogP contribution is 2.51. The molecule has 0 bridgehead atoms. The predicted octanol–water partition coefficient (Wildman–Crippen LogP) is 12.2. The van der Waals surface area contributed by atoms with Crippen molar-refractivity contribution in [3.8, 4) is 5.75 Å². The van der Waals surface area contributed by atoms with E-state index in [9.17, 15) is 9.90 Å². The Labute approximate surface area is 262 Å². The van der Waals surface area contributed by atoms with Crippen LogP contribution >= 0.6 is 0 Å². The van der Waals surface area contributed by atoms with Gasteiger partial charge in [0.1, 0.15) is 5.75 Å². The standard InChI is InChI=1S/C39H70O3/c1-14-15-16-17-18-19-20-21-22-23-24-25-26-27-28-42-35(41)29-30(36(2,3)4)32(38(8,9)10)34(40)33(39(11,12)13)31(29)37(5,6)7/h40H,14-28H2,1-13H3. The summed E-state index contributed by atoms with van der Waals surface area (Å²) in [7, 11) is 0. The first-order valence-electron chi connectivity index (χ1n) is 17.4. The minimum atomic E-state index is -0.347. The van der Waals surface area contributed by atoms with E-state index in [2.05, 4.69) is 90.0 Å². The number of rotatable bonds is 16. The summed E-state index contributed by atoms with van der Waals surface area (Å²) in [5, 5.41) is 11.9. The van der Waals surface area contributed by atoms with Gasteiger partial charge >= 0.3 is 5.97 Å². The molecule has 1 aromatic rings. The minimum Gasteiger partial charge on any atom is -0.507 e. The summed E-state index contributed by atoms with van der Waals surface area (Å²) in [4.78, 5) is 14.1. The average Bonchev–Trinajstić information content (AvgIpc) is 2.82. The molecule has 0 fully saturated rings. The normalized spacial score (nSPS) is 13.1. The zero-order valence-electron chi connectivity index (χ0n) is 30.4. The van der Waals surface area contributed by atoms with Gasteiger partial charge in [-0.05, 0) is 39.2 Å². The Bertz CT molecular complexity index is 905. The molecule has 0 heterocycles. The van der Waals surface area contributed by atoms with Gasteiger partial charge in [0.2, 0.25) is 0 Å². The van der Waals surface area contributed by atoms with Gasteiger partial charge < -0.3 is 9.84 Å². The number of benzene rings is 1. The van der Waals surface area contributed by atoms with Crippen molar-refractivity contribution < 1.29 is 14.6 Å². The summed E-state index contributed by atoms with van der Waals surface area (Å²) in [5.74, 6) is 0.101. The maximum atomic E-state index is 14.1. The molecule has 0 aromatic heterocycles. The van der Waals surface area contributed by atoms with Crippen LogP contribution in [0.3, 0.4) is 0 Å². The number of carbonyl (C=O) groups excluding carboxylic acids is 1. The van der Waals surface area contributed by atoms with Crippen LogP contribution in [0.1, 0.15) is 213 Å². The summed E-state index contributed by atoms with van der Waals surface area (Å²) in [6.07, 6.45) is 18.3. The summed E-state index contributed by atoms with van der Waals surface area (Å²) >= 11 is 0. The number of hydrogen-bond acceptors (Lipinski definition) is 3. The number of aromatic hydroxyl groups is 1. The van der Waals surface area contributed by atoms with Gasteiger partial charge in [0.15, 0.2) is 0 Å². The first kappa shape index (κ1) is 38.5. The molecule has 0 atom stereocenters. The van der Waals surface area contributed by atoms with E-state index in [0.29, 0.717) is 17.9 Å². The lowest BCUT2D eigenvalue weighted by molar-refractivity contribution is 0.0491. The molecule has 0 saturated carbocycles. The zero-order chi connectivity index (χ0) is 32.4. The van der Waals surface area contributed by atoms with Crippen molar-refractivity contribution in [2.75, 3.05) is 6.61 Å². The van der Waals surface area contributed by atoms with Crippen LogP contribution in [0, 0.1) is 0 Å². The molecule has 0 spiro atoms. The topological polar surface area (TPSA) is 46.5 Å². The first-order valence-corrected chi connectivity index (χ1v) is 17.4. The second-order valence-electron chi connectivity index (χ2n) is 17.0. The highest BCUT2D eigenvalue weighted by Gasteiger charge is 2.42. The largest absolute Gasteiger partial charge is 0.507 e. The maximum absolute atomic E-state index is 14.1. The molecule has 3 nitrogen and oxygen atoms in total. The van der Waals surface area contributed by atoms with Gasteiger partial charge in [-0.3, -0.25) is 0 Å². The van der Waals surface area contributed by atoms with Crippen LogP contribution in [0.25, 0.3) is 0 Å². The summed E-state index contributed by atoms with van der Waals surface area (Å²) < 4.78 is 6.06. The van der Waals surface area contributed by atoms with Gasteiger partial charge in [-0.1, -0.05) is 173 Å². The number of ether oxygens (including phenoxy) is 1. The van der Waals surface area contributed by atoms with E-state index in [1.165, 1.54) is 77.0 Å². The molecule has 1 aromatic carbocycles. The Morgan fingerprint density at radius 2 is 0.786 bits per heavy atom. The molecular weight excluding hydrogens is 516 g/mol. The van der Waals surface area contributed by atoms with Crippen molar-refractivity contribution in [2.24, 2.45) is 0 Å². The SMILES string of the molecule is CCCCCCCCCCCCCCCCOC(=O)c1c(C(C)(C)C)c(C(C)(C)C)c(O)c(C(C)(C)C)c1C(C)(C)C. The fourth-order valence-electron chi connectivity index (χ4n) is 6.43. The Morgan fingerprint density at radius 1 is 0.500 bits per heavy atom. The van der Waals surface area contributed by atoms with Crippen molar-refractivity contribution in [1.82, 2.24) is 0 Å². The van der Waals surface area contributed by atoms with Gasteiger partial charge in [-0.2, -0.15) is 0 Å². The van der Waals surface area contributed by atoms with Crippen LogP contribution in [0.2, 0.25) is 0 Å². The molecule has 0 saturated heterocycles. The first-order chi connectivity index (χ1) is 19.3. The second kappa shape index (κ2) is 16.5. The van der Waals surface area contributed by atoms with Crippen molar-refractivity contribution in [1.29, 1.82) is 0 Å². The molecule has 1 N–H and O–H groups in total. The molecule has 0 amide bonds. The number of hydrogen-bond donors (Lipinski definition) is 1. The number of unbranched alkanes of at least 4 members (excludes halogenated alkanes) is 13. The fourth-order valence-corrected chi connectivity index (χ4v) is 6.43. The summed E-state index contributed by atoms with van der Waals surface area (Å²) in [6, 6.07) is 0. The van der Waals surface area contributed by atoms with E-state index in [4.69, 9.17) is 4.74 Å². The van der Waals surface area contributed by atoms with Gasteiger partial charge in [0.25, 0.3) is 0 Å². The Balaban J connectivity index is 2.96. The van der Waals surface area contributed by atoms with E-state index >= 15 is 0 Å². The van der Waals surface area contributed by atoms with E-state index < -0.39 is 0 Å². The lowest BCUT2D eigenvalue weighted by Crippen LogP contribution is -2.34. The number of phenolic OH excluding ortho intramolecular Hbond substituents is 1. The third-order valence-corrected chi connectivity index (χ3v) is 8.41. The molecule has 0 unspecified atom stereocenters. The van der Waals surface area contributed by atoms with Crippen LogP contribution < -0.4 is 0 Å². The third-order valence-electron chi connectivity index (χ3n) is 8.41. The van der Waals surface area contributed by atoms with Crippen LogP contribution in [0.15, 0.2) is 0 Å².